The third-order valence-corrected chi connectivity index (χ3v) is 7.50. The number of piperidine rings is 1. The SMILES string of the molecule is CNS(=O)(=O)c1cc(C(=O)NCC2CCN(Cc3cccs3)CC2)ccc1OC. The first-order valence-electron chi connectivity index (χ1n) is 9.57. The Labute approximate surface area is 176 Å². The van der Waals surface area contributed by atoms with Crippen molar-refractivity contribution in [3.8, 4) is 5.75 Å². The molecule has 1 saturated heterocycles. The summed E-state index contributed by atoms with van der Waals surface area (Å²) in [6, 6.07) is 8.67. The quantitative estimate of drug-likeness (QED) is 0.662. The number of methoxy groups -OCH3 is 1. The molecule has 29 heavy (non-hydrogen) atoms. The van der Waals surface area contributed by atoms with E-state index in [1.165, 1.54) is 31.2 Å². The van der Waals surface area contributed by atoms with Crippen LogP contribution in [0.4, 0.5) is 0 Å². The average Bonchev–Trinajstić information content (AvgIpc) is 3.25. The molecule has 0 unspecified atom stereocenters. The molecule has 1 aromatic heterocycles. The van der Waals surface area contributed by atoms with Gasteiger partial charge in [-0.25, -0.2) is 13.1 Å². The number of carbonyl (C=O) groups is 1. The van der Waals surface area contributed by atoms with Gasteiger partial charge >= 0.3 is 0 Å². The maximum Gasteiger partial charge on any atom is 0.251 e. The van der Waals surface area contributed by atoms with Gasteiger partial charge in [0.05, 0.1) is 7.11 Å². The molecular weight excluding hydrogens is 410 g/mol. The number of hydrogen-bond donors (Lipinski definition) is 2. The number of nitrogens with one attached hydrogen (secondary N) is 2. The Morgan fingerprint density at radius 2 is 2.03 bits per heavy atom. The fourth-order valence-corrected chi connectivity index (χ4v) is 5.11. The number of sulfonamides is 1. The van der Waals surface area contributed by atoms with Gasteiger partial charge in [0.2, 0.25) is 10.0 Å². The first kappa shape index (κ1) is 21.8. The molecule has 7 nitrogen and oxygen atoms in total. The van der Waals surface area contributed by atoms with Crippen molar-refractivity contribution in [2.45, 2.75) is 24.3 Å². The summed E-state index contributed by atoms with van der Waals surface area (Å²) in [5.41, 5.74) is 0.301. The van der Waals surface area contributed by atoms with Gasteiger partial charge in [-0.2, -0.15) is 0 Å². The van der Waals surface area contributed by atoms with Gasteiger partial charge in [-0.3, -0.25) is 9.69 Å². The summed E-state index contributed by atoms with van der Waals surface area (Å²) >= 11 is 1.78. The molecule has 0 saturated carbocycles. The highest BCUT2D eigenvalue weighted by atomic mass is 32.2. The first-order chi connectivity index (χ1) is 13.9. The lowest BCUT2D eigenvalue weighted by Crippen LogP contribution is -2.38. The van der Waals surface area contributed by atoms with Gasteiger partial charge in [0.25, 0.3) is 5.91 Å². The van der Waals surface area contributed by atoms with E-state index in [0.29, 0.717) is 18.0 Å². The Morgan fingerprint density at radius 1 is 1.28 bits per heavy atom. The van der Waals surface area contributed by atoms with Crippen molar-refractivity contribution in [3.05, 3.63) is 46.2 Å². The molecule has 0 atom stereocenters. The van der Waals surface area contributed by atoms with Crippen LogP contribution in [-0.2, 0) is 16.6 Å². The van der Waals surface area contributed by atoms with E-state index >= 15 is 0 Å². The number of amides is 1. The van der Waals surface area contributed by atoms with Crippen molar-refractivity contribution in [3.63, 3.8) is 0 Å². The van der Waals surface area contributed by atoms with E-state index < -0.39 is 10.0 Å². The third kappa shape index (κ3) is 5.57. The van der Waals surface area contributed by atoms with E-state index in [0.717, 1.165) is 32.5 Å². The van der Waals surface area contributed by atoms with Gasteiger partial charge in [0.15, 0.2) is 0 Å². The van der Waals surface area contributed by atoms with Crippen LogP contribution in [0, 0.1) is 5.92 Å². The largest absolute Gasteiger partial charge is 0.495 e. The van der Waals surface area contributed by atoms with Crippen LogP contribution in [0.1, 0.15) is 28.1 Å². The Bertz CT molecular complexity index is 921. The summed E-state index contributed by atoms with van der Waals surface area (Å²) in [7, 11) is -0.997. The van der Waals surface area contributed by atoms with Crippen molar-refractivity contribution >= 4 is 27.3 Å². The highest BCUT2D eigenvalue weighted by Crippen LogP contribution is 2.25. The lowest BCUT2D eigenvalue weighted by molar-refractivity contribution is 0.0935. The molecule has 3 rings (SSSR count). The standard InChI is InChI=1S/C20H27N3O4S2/c1-21-29(25,26)19-12-16(5-6-18(19)27-2)20(24)22-13-15-7-9-23(10-8-15)14-17-4-3-11-28-17/h3-6,11-12,15,21H,7-10,13-14H2,1-2H3,(H,22,24). The second-order valence-corrected chi connectivity index (χ2v) is 9.97. The number of thiophene rings is 1. The number of hydrogen-bond acceptors (Lipinski definition) is 6. The summed E-state index contributed by atoms with van der Waals surface area (Å²) in [5, 5.41) is 5.05. The number of ether oxygens (including phenoxy) is 1. The van der Waals surface area contributed by atoms with Gasteiger partial charge in [-0.15, -0.1) is 11.3 Å². The molecule has 1 aliphatic heterocycles. The molecule has 2 aromatic rings. The van der Waals surface area contributed by atoms with E-state index in [-0.39, 0.29) is 16.6 Å². The van der Waals surface area contributed by atoms with Crippen LogP contribution in [0.2, 0.25) is 0 Å². The molecule has 1 aromatic carbocycles. The van der Waals surface area contributed by atoms with Crippen LogP contribution >= 0.6 is 11.3 Å². The predicted octanol–water partition coefficient (Wildman–Crippen LogP) is 2.31. The van der Waals surface area contributed by atoms with Gasteiger partial charge in [-0.1, -0.05) is 6.07 Å². The normalized spacial score (nSPS) is 15.9. The summed E-state index contributed by atoms with van der Waals surface area (Å²) in [5.74, 6) is 0.354. The summed E-state index contributed by atoms with van der Waals surface area (Å²) in [6.45, 7) is 3.62. The molecule has 0 aliphatic carbocycles. The van der Waals surface area contributed by atoms with Crippen molar-refractivity contribution in [1.82, 2.24) is 14.9 Å². The Kier molecular flexibility index (Phi) is 7.28. The molecule has 158 valence electrons. The molecular formula is C20H27N3O4S2. The molecule has 9 heteroatoms. The van der Waals surface area contributed by atoms with Crippen LogP contribution < -0.4 is 14.8 Å². The maximum atomic E-state index is 12.6. The smallest absolute Gasteiger partial charge is 0.251 e. The molecule has 1 fully saturated rings. The summed E-state index contributed by atoms with van der Waals surface area (Å²) in [4.78, 5) is 16.3. The van der Waals surface area contributed by atoms with Crippen molar-refractivity contribution in [2.75, 3.05) is 33.8 Å². The summed E-state index contributed by atoms with van der Waals surface area (Å²) in [6.07, 6.45) is 2.07. The zero-order valence-corrected chi connectivity index (χ0v) is 18.3. The van der Waals surface area contributed by atoms with Crippen LogP contribution in [0.15, 0.2) is 40.6 Å². The predicted molar refractivity (Wildman–Crippen MR) is 114 cm³/mol. The van der Waals surface area contributed by atoms with Crippen LogP contribution in [0.25, 0.3) is 0 Å². The topological polar surface area (TPSA) is 87.7 Å². The number of likely N-dealkylation sites (tertiary alicyclic amines) is 1. The van der Waals surface area contributed by atoms with Crippen LogP contribution in [-0.4, -0.2) is 53.0 Å². The fourth-order valence-electron chi connectivity index (χ4n) is 3.45. The van der Waals surface area contributed by atoms with Gasteiger partial charge in [-0.05, 0) is 68.5 Å². The van der Waals surface area contributed by atoms with Crippen molar-refractivity contribution in [2.24, 2.45) is 5.92 Å². The fraction of sp³-hybridized carbons (Fsp3) is 0.450. The van der Waals surface area contributed by atoms with E-state index in [1.54, 1.807) is 17.4 Å². The number of carbonyl (C=O) groups excluding carboxylic acids is 1. The van der Waals surface area contributed by atoms with E-state index in [9.17, 15) is 13.2 Å². The summed E-state index contributed by atoms with van der Waals surface area (Å²) < 4.78 is 31.7. The van der Waals surface area contributed by atoms with Crippen molar-refractivity contribution < 1.29 is 17.9 Å². The first-order valence-corrected chi connectivity index (χ1v) is 11.9. The zero-order valence-electron chi connectivity index (χ0n) is 16.7. The van der Waals surface area contributed by atoms with E-state index in [2.05, 4.69) is 32.5 Å². The molecule has 2 heterocycles. The number of rotatable bonds is 8. The molecule has 0 spiro atoms. The monoisotopic (exact) mass is 437 g/mol. The molecule has 1 aliphatic rings. The Balaban J connectivity index is 1.54. The van der Waals surface area contributed by atoms with Crippen molar-refractivity contribution in [1.29, 1.82) is 0 Å². The lowest BCUT2D eigenvalue weighted by atomic mass is 9.96. The molecule has 1 amide bonds. The van der Waals surface area contributed by atoms with Gasteiger partial charge < -0.3 is 10.1 Å². The average molecular weight is 438 g/mol. The second kappa shape index (κ2) is 9.71. The van der Waals surface area contributed by atoms with Gasteiger partial charge in [0.1, 0.15) is 10.6 Å². The Hall–Kier alpha value is -1.94. The highest BCUT2D eigenvalue weighted by Gasteiger charge is 2.22. The molecule has 0 radical (unpaired) electrons. The van der Waals surface area contributed by atoms with E-state index in [1.807, 2.05) is 0 Å². The number of nitrogens with zero attached hydrogens (tertiary/aromatic N) is 1. The zero-order chi connectivity index (χ0) is 20.9. The third-order valence-electron chi connectivity index (χ3n) is 5.20. The number of benzene rings is 1. The molecule has 0 bridgehead atoms. The highest BCUT2D eigenvalue weighted by molar-refractivity contribution is 7.89. The van der Waals surface area contributed by atoms with Crippen LogP contribution in [0.3, 0.4) is 0 Å². The minimum atomic E-state index is -3.72. The minimum Gasteiger partial charge on any atom is -0.495 e. The van der Waals surface area contributed by atoms with Crippen LogP contribution in [0.5, 0.6) is 5.75 Å². The minimum absolute atomic E-state index is 0.0444. The van der Waals surface area contributed by atoms with Gasteiger partial charge in [0, 0.05) is 23.5 Å². The Morgan fingerprint density at radius 3 is 2.66 bits per heavy atom. The maximum absolute atomic E-state index is 12.6. The van der Waals surface area contributed by atoms with E-state index in [4.69, 9.17) is 4.74 Å². The lowest BCUT2D eigenvalue weighted by Gasteiger charge is -2.31. The molecule has 2 N–H and O–H groups in total. The second-order valence-electron chi connectivity index (χ2n) is 7.08.